The first kappa shape index (κ1) is 13.9. The van der Waals surface area contributed by atoms with Gasteiger partial charge < -0.3 is 10.1 Å². The van der Waals surface area contributed by atoms with Crippen LogP contribution in [0.25, 0.3) is 0 Å². The number of hydrogen-bond donors (Lipinski definition) is 1. The third kappa shape index (κ3) is 3.55. The van der Waals surface area contributed by atoms with E-state index in [-0.39, 0.29) is 0 Å². The molecule has 2 fully saturated rings. The third-order valence-corrected chi connectivity index (χ3v) is 4.23. The zero-order valence-corrected chi connectivity index (χ0v) is 12.0. The van der Waals surface area contributed by atoms with Crippen LogP contribution in [0.3, 0.4) is 0 Å². The number of nitrogens with zero attached hydrogens (tertiary/aromatic N) is 3. The van der Waals surface area contributed by atoms with E-state index in [0.29, 0.717) is 6.04 Å². The molecule has 0 radical (unpaired) electrons. The highest BCUT2D eigenvalue weighted by Crippen LogP contribution is 2.20. The molecule has 2 aliphatic rings. The van der Waals surface area contributed by atoms with Crippen LogP contribution in [-0.2, 0) is 4.74 Å². The number of morpholine rings is 1. The SMILES string of the molecule is c1cncc(C2CNCCN2CCN2CCOCC2)c1. The second-order valence-electron chi connectivity index (χ2n) is 5.50. The molecule has 1 N–H and O–H groups in total. The average Bonchev–Trinajstić information content (AvgIpc) is 2.55. The molecule has 0 saturated carbocycles. The Morgan fingerprint density at radius 2 is 2.15 bits per heavy atom. The lowest BCUT2D eigenvalue weighted by atomic mass is 10.1. The number of nitrogens with one attached hydrogen (secondary N) is 1. The molecule has 0 amide bonds. The van der Waals surface area contributed by atoms with Crippen LogP contribution in [0.4, 0.5) is 0 Å². The van der Waals surface area contributed by atoms with Crippen molar-refractivity contribution in [2.24, 2.45) is 0 Å². The Morgan fingerprint density at radius 1 is 1.25 bits per heavy atom. The van der Waals surface area contributed by atoms with E-state index in [1.165, 1.54) is 5.56 Å². The van der Waals surface area contributed by atoms with Crippen LogP contribution >= 0.6 is 0 Å². The lowest BCUT2D eigenvalue weighted by molar-refractivity contribution is 0.0291. The number of rotatable bonds is 4. The average molecular weight is 276 g/mol. The zero-order chi connectivity index (χ0) is 13.6. The van der Waals surface area contributed by atoms with Gasteiger partial charge in [0.1, 0.15) is 0 Å². The highest BCUT2D eigenvalue weighted by Gasteiger charge is 2.24. The van der Waals surface area contributed by atoms with E-state index in [4.69, 9.17) is 4.74 Å². The first-order chi connectivity index (χ1) is 9.93. The van der Waals surface area contributed by atoms with Crippen molar-refractivity contribution in [3.63, 3.8) is 0 Å². The summed E-state index contributed by atoms with van der Waals surface area (Å²) in [4.78, 5) is 9.35. The Bertz CT molecular complexity index is 394. The summed E-state index contributed by atoms with van der Waals surface area (Å²) < 4.78 is 5.41. The third-order valence-electron chi connectivity index (χ3n) is 4.23. The van der Waals surface area contributed by atoms with Crippen LogP contribution in [0.1, 0.15) is 11.6 Å². The van der Waals surface area contributed by atoms with Crippen molar-refractivity contribution in [3.05, 3.63) is 30.1 Å². The lowest BCUT2D eigenvalue weighted by Crippen LogP contribution is -2.49. The molecule has 0 spiro atoms. The highest BCUT2D eigenvalue weighted by atomic mass is 16.5. The van der Waals surface area contributed by atoms with Gasteiger partial charge >= 0.3 is 0 Å². The fraction of sp³-hybridized carbons (Fsp3) is 0.667. The van der Waals surface area contributed by atoms with E-state index >= 15 is 0 Å². The Morgan fingerprint density at radius 3 is 2.95 bits per heavy atom. The summed E-state index contributed by atoms with van der Waals surface area (Å²) in [7, 11) is 0. The van der Waals surface area contributed by atoms with Gasteiger partial charge in [0, 0.05) is 64.2 Å². The van der Waals surface area contributed by atoms with Gasteiger partial charge in [0.05, 0.1) is 13.2 Å². The molecule has 0 bridgehead atoms. The Labute approximate surface area is 120 Å². The zero-order valence-electron chi connectivity index (χ0n) is 12.0. The molecule has 1 atom stereocenters. The quantitative estimate of drug-likeness (QED) is 0.860. The summed E-state index contributed by atoms with van der Waals surface area (Å²) in [5.41, 5.74) is 1.32. The van der Waals surface area contributed by atoms with Gasteiger partial charge in [-0.15, -0.1) is 0 Å². The minimum atomic E-state index is 0.457. The summed E-state index contributed by atoms with van der Waals surface area (Å²) >= 11 is 0. The second kappa shape index (κ2) is 7.13. The van der Waals surface area contributed by atoms with Crippen LogP contribution in [0.5, 0.6) is 0 Å². The summed E-state index contributed by atoms with van der Waals surface area (Å²) in [6, 6.07) is 4.68. The maximum absolute atomic E-state index is 5.41. The Kier molecular flexibility index (Phi) is 4.97. The molecule has 2 aliphatic heterocycles. The fourth-order valence-electron chi connectivity index (χ4n) is 3.01. The summed E-state index contributed by atoms with van der Waals surface area (Å²) in [6.45, 7) is 9.40. The monoisotopic (exact) mass is 276 g/mol. The molecule has 20 heavy (non-hydrogen) atoms. The summed E-state index contributed by atoms with van der Waals surface area (Å²) in [5.74, 6) is 0. The minimum absolute atomic E-state index is 0.457. The van der Waals surface area contributed by atoms with E-state index < -0.39 is 0 Å². The van der Waals surface area contributed by atoms with Gasteiger partial charge in [-0.25, -0.2) is 0 Å². The number of aromatic nitrogens is 1. The van der Waals surface area contributed by atoms with Gasteiger partial charge in [-0.2, -0.15) is 0 Å². The van der Waals surface area contributed by atoms with Crippen LogP contribution in [-0.4, -0.2) is 73.8 Å². The van der Waals surface area contributed by atoms with E-state index in [1.54, 1.807) is 0 Å². The Balaban J connectivity index is 1.57. The minimum Gasteiger partial charge on any atom is -0.379 e. The van der Waals surface area contributed by atoms with Crippen LogP contribution in [0.2, 0.25) is 0 Å². The maximum atomic E-state index is 5.41. The molecule has 0 aliphatic carbocycles. The number of hydrogen-bond acceptors (Lipinski definition) is 5. The number of ether oxygens (including phenoxy) is 1. The first-order valence-electron chi connectivity index (χ1n) is 7.58. The van der Waals surface area contributed by atoms with E-state index in [2.05, 4.69) is 26.2 Å². The van der Waals surface area contributed by atoms with Gasteiger partial charge in [0.15, 0.2) is 0 Å². The second-order valence-corrected chi connectivity index (χ2v) is 5.50. The van der Waals surface area contributed by atoms with Crippen LogP contribution in [0, 0.1) is 0 Å². The molecule has 3 rings (SSSR count). The molecular formula is C15H24N4O. The fourth-order valence-corrected chi connectivity index (χ4v) is 3.01. The van der Waals surface area contributed by atoms with E-state index in [1.807, 2.05) is 18.5 Å². The van der Waals surface area contributed by atoms with Gasteiger partial charge in [0.2, 0.25) is 0 Å². The normalized spacial score (nSPS) is 25.7. The number of piperazine rings is 1. The van der Waals surface area contributed by atoms with Gasteiger partial charge in [-0.3, -0.25) is 14.8 Å². The molecule has 5 heteroatoms. The van der Waals surface area contributed by atoms with Crippen molar-refractivity contribution >= 4 is 0 Å². The van der Waals surface area contributed by atoms with Crippen molar-refractivity contribution in [1.82, 2.24) is 20.1 Å². The van der Waals surface area contributed by atoms with E-state index in [0.717, 1.165) is 59.0 Å². The highest BCUT2D eigenvalue weighted by molar-refractivity contribution is 5.15. The first-order valence-corrected chi connectivity index (χ1v) is 7.58. The molecule has 3 heterocycles. The van der Waals surface area contributed by atoms with Crippen LogP contribution in [0.15, 0.2) is 24.5 Å². The van der Waals surface area contributed by atoms with Crippen molar-refractivity contribution in [3.8, 4) is 0 Å². The van der Waals surface area contributed by atoms with Crippen molar-refractivity contribution in [2.75, 3.05) is 59.0 Å². The van der Waals surface area contributed by atoms with Gasteiger partial charge in [0.25, 0.3) is 0 Å². The Hall–Kier alpha value is -1.01. The van der Waals surface area contributed by atoms with Crippen molar-refractivity contribution < 1.29 is 4.74 Å². The predicted octanol–water partition coefficient (Wildman–Crippen LogP) is 0.360. The maximum Gasteiger partial charge on any atom is 0.0594 e. The topological polar surface area (TPSA) is 40.6 Å². The molecule has 0 aromatic carbocycles. The molecule has 110 valence electrons. The van der Waals surface area contributed by atoms with Crippen molar-refractivity contribution in [1.29, 1.82) is 0 Å². The number of pyridine rings is 1. The molecule has 1 unspecified atom stereocenters. The molecule has 1 aromatic heterocycles. The predicted molar refractivity (Wildman–Crippen MR) is 78.7 cm³/mol. The standard InChI is InChI=1S/C15H24N4O/c1-2-14(12-16-3-1)15-13-17-4-5-19(15)7-6-18-8-10-20-11-9-18/h1-3,12,15,17H,4-11,13H2. The van der Waals surface area contributed by atoms with Gasteiger partial charge in [-0.05, 0) is 11.6 Å². The molecule has 2 saturated heterocycles. The van der Waals surface area contributed by atoms with Crippen LogP contribution < -0.4 is 5.32 Å². The van der Waals surface area contributed by atoms with E-state index in [9.17, 15) is 0 Å². The molecular weight excluding hydrogens is 252 g/mol. The van der Waals surface area contributed by atoms with Crippen molar-refractivity contribution in [2.45, 2.75) is 6.04 Å². The smallest absolute Gasteiger partial charge is 0.0594 e. The summed E-state index contributed by atoms with van der Waals surface area (Å²) in [5, 5.41) is 3.50. The largest absolute Gasteiger partial charge is 0.379 e. The lowest BCUT2D eigenvalue weighted by Gasteiger charge is -2.38. The molecule has 5 nitrogen and oxygen atoms in total. The summed E-state index contributed by atoms with van der Waals surface area (Å²) in [6.07, 6.45) is 3.84. The van der Waals surface area contributed by atoms with Gasteiger partial charge in [-0.1, -0.05) is 6.07 Å². The molecule has 1 aromatic rings.